The number of fused-ring (bicyclic) bond motifs is 3. The van der Waals surface area contributed by atoms with Crippen molar-refractivity contribution in [2.45, 2.75) is 38.5 Å². The maximum Gasteiger partial charge on any atom is 0.307 e. The zero-order chi connectivity index (χ0) is 12.7. The fraction of sp³-hybridized carbons (Fsp3) is 0.857. The van der Waals surface area contributed by atoms with E-state index in [1.807, 2.05) is 4.90 Å². The van der Waals surface area contributed by atoms with Crippen LogP contribution in [0.4, 0.5) is 0 Å². The highest BCUT2D eigenvalue weighted by Gasteiger charge is 2.51. The summed E-state index contributed by atoms with van der Waals surface area (Å²) >= 11 is 0. The van der Waals surface area contributed by atoms with E-state index in [0.717, 1.165) is 51.6 Å². The minimum atomic E-state index is -0.748. The smallest absolute Gasteiger partial charge is 0.307 e. The molecule has 1 amide bonds. The van der Waals surface area contributed by atoms with Gasteiger partial charge in [0.1, 0.15) is 0 Å². The summed E-state index contributed by atoms with van der Waals surface area (Å²) in [5.74, 6) is -0.691. The molecular weight excluding hydrogens is 230 g/mol. The average molecular weight is 251 g/mol. The van der Waals surface area contributed by atoms with E-state index in [1.54, 1.807) is 0 Å². The van der Waals surface area contributed by atoms with Crippen LogP contribution in [-0.2, 0) is 9.59 Å². The third-order valence-electron chi connectivity index (χ3n) is 5.21. The molecule has 0 spiro atoms. The minimum Gasteiger partial charge on any atom is -0.481 e. The van der Waals surface area contributed by atoms with Gasteiger partial charge in [-0.05, 0) is 50.4 Å². The van der Waals surface area contributed by atoms with Crippen LogP contribution in [0.2, 0.25) is 0 Å². The molecule has 4 fully saturated rings. The molecule has 0 aromatic carbocycles. The van der Waals surface area contributed by atoms with Crippen molar-refractivity contribution >= 4 is 11.9 Å². The molecule has 1 heterocycles. The van der Waals surface area contributed by atoms with Gasteiger partial charge >= 0.3 is 5.97 Å². The predicted octanol–water partition coefficient (Wildman–Crippen LogP) is 1.75. The van der Waals surface area contributed by atoms with Crippen molar-refractivity contribution in [3.8, 4) is 0 Å². The van der Waals surface area contributed by atoms with Crippen LogP contribution < -0.4 is 0 Å². The number of carboxylic acids is 1. The second kappa shape index (κ2) is 4.56. The van der Waals surface area contributed by atoms with Crippen LogP contribution in [0.3, 0.4) is 0 Å². The molecule has 3 saturated carbocycles. The third-order valence-corrected chi connectivity index (χ3v) is 5.21. The number of carboxylic acid groups (broad SMARTS) is 1. The summed E-state index contributed by atoms with van der Waals surface area (Å²) in [5, 5.41) is 9.45. The quantitative estimate of drug-likeness (QED) is 0.813. The molecule has 100 valence electrons. The minimum absolute atomic E-state index is 0.134. The Hall–Kier alpha value is -1.06. The number of hydrogen-bond donors (Lipinski definition) is 1. The van der Waals surface area contributed by atoms with Gasteiger partial charge < -0.3 is 10.0 Å². The molecule has 4 aliphatic rings. The normalized spacial score (nSPS) is 39.0. The zero-order valence-electron chi connectivity index (χ0n) is 10.7. The van der Waals surface area contributed by atoms with Crippen LogP contribution in [0, 0.1) is 23.7 Å². The monoisotopic (exact) mass is 251 g/mol. The molecule has 1 N–H and O–H groups in total. The lowest BCUT2D eigenvalue weighted by atomic mass is 9.58. The summed E-state index contributed by atoms with van der Waals surface area (Å²) < 4.78 is 0. The van der Waals surface area contributed by atoms with Crippen molar-refractivity contribution in [1.29, 1.82) is 0 Å². The number of hydrogen-bond acceptors (Lipinski definition) is 2. The Morgan fingerprint density at radius 2 is 1.39 bits per heavy atom. The number of amides is 1. The van der Waals surface area contributed by atoms with E-state index in [1.165, 1.54) is 0 Å². The topological polar surface area (TPSA) is 57.6 Å². The maximum absolute atomic E-state index is 12.6. The van der Waals surface area contributed by atoms with Crippen molar-refractivity contribution in [2.75, 3.05) is 13.1 Å². The SMILES string of the molecule is O=C(O)[C@H]1C2CCC(CC2)[C@@H]1C(=O)N1CCCC1. The molecule has 0 unspecified atom stereocenters. The van der Waals surface area contributed by atoms with Crippen molar-refractivity contribution in [2.24, 2.45) is 23.7 Å². The van der Waals surface area contributed by atoms with E-state index in [-0.39, 0.29) is 17.7 Å². The number of likely N-dealkylation sites (tertiary alicyclic amines) is 1. The first-order chi connectivity index (χ1) is 8.68. The van der Waals surface area contributed by atoms with Crippen LogP contribution in [0.5, 0.6) is 0 Å². The molecule has 1 saturated heterocycles. The molecule has 0 radical (unpaired) electrons. The van der Waals surface area contributed by atoms with Crippen LogP contribution in [0.15, 0.2) is 0 Å². The average Bonchev–Trinajstić information content (AvgIpc) is 2.92. The third kappa shape index (κ3) is 1.82. The van der Waals surface area contributed by atoms with Gasteiger partial charge in [0, 0.05) is 13.1 Å². The molecule has 4 heteroatoms. The molecule has 4 rings (SSSR count). The second-order valence-corrected chi connectivity index (χ2v) is 6.10. The van der Waals surface area contributed by atoms with E-state index in [2.05, 4.69) is 0 Å². The molecule has 18 heavy (non-hydrogen) atoms. The zero-order valence-corrected chi connectivity index (χ0v) is 10.7. The van der Waals surface area contributed by atoms with Gasteiger partial charge in [-0.3, -0.25) is 9.59 Å². The lowest BCUT2D eigenvalue weighted by molar-refractivity contribution is -0.161. The van der Waals surface area contributed by atoms with Crippen LogP contribution in [0.25, 0.3) is 0 Å². The summed E-state index contributed by atoms with van der Waals surface area (Å²) in [7, 11) is 0. The number of aliphatic carboxylic acids is 1. The van der Waals surface area contributed by atoms with E-state index < -0.39 is 11.9 Å². The molecule has 2 bridgehead atoms. The van der Waals surface area contributed by atoms with Crippen molar-refractivity contribution in [3.05, 3.63) is 0 Å². The Kier molecular flexibility index (Phi) is 3.04. The van der Waals surface area contributed by atoms with E-state index >= 15 is 0 Å². The molecule has 0 aromatic heterocycles. The van der Waals surface area contributed by atoms with Gasteiger partial charge in [-0.15, -0.1) is 0 Å². The summed E-state index contributed by atoms with van der Waals surface area (Å²) in [6.07, 6.45) is 6.27. The number of nitrogens with zero attached hydrogens (tertiary/aromatic N) is 1. The Morgan fingerprint density at radius 1 is 0.889 bits per heavy atom. The van der Waals surface area contributed by atoms with Gasteiger partial charge in [0.2, 0.25) is 5.91 Å². The Bertz CT molecular complexity index is 354. The Labute approximate surface area is 107 Å². The summed E-state index contributed by atoms with van der Waals surface area (Å²) in [6.45, 7) is 1.66. The van der Waals surface area contributed by atoms with E-state index in [4.69, 9.17) is 0 Å². The second-order valence-electron chi connectivity index (χ2n) is 6.10. The summed E-state index contributed by atoms with van der Waals surface area (Å²) in [6, 6.07) is 0. The lowest BCUT2D eigenvalue weighted by Crippen LogP contribution is -2.51. The van der Waals surface area contributed by atoms with Crippen molar-refractivity contribution in [1.82, 2.24) is 4.90 Å². The summed E-state index contributed by atoms with van der Waals surface area (Å²) in [4.78, 5) is 26.0. The molecule has 2 atom stereocenters. The lowest BCUT2D eigenvalue weighted by Gasteiger charge is -2.46. The van der Waals surface area contributed by atoms with E-state index in [0.29, 0.717) is 5.92 Å². The van der Waals surface area contributed by atoms with E-state index in [9.17, 15) is 14.7 Å². The number of carbonyl (C=O) groups excluding carboxylic acids is 1. The standard InChI is InChI=1S/C14H21NO3/c16-13(15-7-1-2-8-15)11-9-3-5-10(6-4-9)12(11)14(17)18/h9-12H,1-8H2,(H,17,18)/t9?,10?,11-,12-/m0/s1. The van der Waals surface area contributed by atoms with Gasteiger partial charge in [0.15, 0.2) is 0 Å². The highest BCUT2D eigenvalue weighted by atomic mass is 16.4. The fourth-order valence-electron chi connectivity index (χ4n) is 4.31. The van der Waals surface area contributed by atoms with Crippen molar-refractivity contribution < 1.29 is 14.7 Å². The molecule has 0 aromatic rings. The van der Waals surface area contributed by atoms with Gasteiger partial charge in [0.05, 0.1) is 11.8 Å². The fourth-order valence-corrected chi connectivity index (χ4v) is 4.31. The van der Waals surface area contributed by atoms with Gasteiger partial charge in [0.25, 0.3) is 0 Å². The molecule has 3 aliphatic carbocycles. The van der Waals surface area contributed by atoms with Gasteiger partial charge in [-0.1, -0.05) is 0 Å². The maximum atomic E-state index is 12.6. The van der Waals surface area contributed by atoms with Crippen molar-refractivity contribution in [3.63, 3.8) is 0 Å². The first kappa shape index (κ1) is 12.0. The Balaban J connectivity index is 1.83. The first-order valence-corrected chi connectivity index (χ1v) is 7.20. The molecule has 4 nitrogen and oxygen atoms in total. The Morgan fingerprint density at radius 3 is 1.89 bits per heavy atom. The van der Waals surface area contributed by atoms with Crippen LogP contribution in [0.1, 0.15) is 38.5 Å². The van der Waals surface area contributed by atoms with Crippen LogP contribution >= 0.6 is 0 Å². The number of rotatable bonds is 2. The first-order valence-electron chi connectivity index (χ1n) is 7.20. The molecular formula is C14H21NO3. The highest BCUT2D eigenvalue weighted by molar-refractivity contribution is 5.86. The predicted molar refractivity (Wildman–Crippen MR) is 65.9 cm³/mol. The highest BCUT2D eigenvalue weighted by Crippen LogP contribution is 2.49. The number of carbonyl (C=O) groups is 2. The largest absolute Gasteiger partial charge is 0.481 e. The molecule has 1 aliphatic heterocycles. The van der Waals surface area contributed by atoms with Gasteiger partial charge in [-0.2, -0.15) is 0 Å². The van der Waals surface area contributed by atoms with Gasteiger partial charge in [-0.25, -0.2) is 0 Å². The summed E-state index contributed by atoms with van der Waals surface area (Å²) in [5.41, 5.74) is 0. The van der Waals surface area contributed by atoms with Crippen LogP contribution in [-0.4, -0.2) is 35.0 Å².